The van der Waals surface area contributed by atoms with E-state index in [1.165, 1.54) is 16.6 Å². The van der Waals surface area contributed by atoms with Gasteiger partial charge in [0.2, 0.25) is 0 Å². The number of ether oxygens (including phenoxy) is 1. The van der Waals surface area contributed by atoms with Crippen molar-refractivity contribution < 1.29 is 19.0 Å². The number of hydrogen-bond acceptors (Lipinski definition) is 3. The summed E-state index contributed by atoms with van der Waals surface area (Å²) >= 11 is 0. The van der Waals surface area contributed by atoms with Crippen molar-refractivity contribution in [2.75, 3.05) is 13.2 Å². The number of aryl methyl sites for hydroxylation is 2. The zero-order valence-corrected chi connectivity index (χ0v) is 20.8. The van der Waals surface area contributed by atoms with Gasteiger partial charge in [-0.05, 0) is 92.3 Å². The number of halogens is 1. The van der Waals surface area contributed by atoms with Crippen LogP contribution in [0, 0.1) is 24.1 Å². The van der Waals surface area contributed by atoms with Gasteiger partial charge < -0.3 is 14.4 Å². The van der Waals surface area contributed by atoms with Crippen LogP contribution in [0.3, 0.4) is 0 Å². The predicted molar refractivity (Wildman–Crippen MR) is 137 cm³/mol. The Bertz CT molecular complexity index is 1460. The van der Waals surface area contributed by atoms with Gasteiger partial charge in [0, 0.05) is 41.3 Å². The molecular formula is C29H32FN3O3. The molecule has 36 heavy (non-hydrogen) atoms. The predicted octanol–water partition coefficient (Wildman–Crippen LogP) is 6.28. The van der Waals surface area contributed by atoms with Crippen LogP contribution in [0.25, 0.3) is 27.5 Å². The monoisotopic (exact) mass is 489 g/mol. The average molecular weight is 490 g/mol. The van der Waals surface area contributed by atoms with Gasteiger partial charge in [0.15, 0.2) is 0 Å². The standard InChI is InChI=1S/C29H32FN3O3/c1-17-11-21(3-4-24(17)30)33-26-12-19-16-31-32-25(19)13-23(26)22(27(33)18-6-9-36-10-7-18)5-8-29(2)14-20(15-29)28(34)35/h3-4,11-13,16,18,20H,5-10,14-15H2,1-2H3,(H,31,32)(H,34,35)/t20-,29-. The van der Waals surface area contributed by atoms with Gasteiger partial charge in [0.1, 0.15) is 5.82 Å². The topological polar surface area (TPSA) is 80.1 Å². The molecule has 2 fully saturated rings. The van der Waals surface area contributed by atoms with E-state index in [-0.39, 0.29) is 17.2 Å². The molecule has 0 unspecified atom stereocenters. The van der Waals surface area contributed by atoms with Gasteiger partial charge in [-0.25, -0.2) is 4.39 Å². The van der Waals surface area contributed by atoms with Crippen LogP contribution in [0.2, 0.25) is 0 Å². The van der Waals surface area contributed by atoms with E-state index in [9.17, 15) is 14.3 Å². The summed E-state index contributed by atoms with van der Waals surface area (Å²) in [6.07, 6.45) is 7.01. The van der Waals surface area contributed by atoms with E-state index in [2.05, 4.69) is 33.8 Å². The zero-order valence-electron chi connectivity index (χ0n) is 20.8. The summed E-state index contributed by atoms with van der Waals surface area (Å²) in [5, 5.41) is 19.0. The summed E-state index contributed by atoms with van der Waals surface area (Å²) in [5.74, 6) is -0.770. The molecule has 6 rings (SSSR count). The van der Waals surface area contributed by atoms with Crippen molar-refractivity contribution in [3.63, 3.8) is 0 Å². The van der Waals surface area contributed by atoms with E-state index < -0.39 is 5.97 Å². The van der Waals surface area contributed by atoms with Gasteiger partial charge in [-0.3, -0.25) is 9.89 Å². The van der Waals surface area contributed by atoms with E-state index in [0.717, 1.165) is 73.8 Å². The summed E-state index contributed by atoms with van der Waals surface area (Å²) in [6, 6.07) is 9.75. The summed E-state index contributed by atoms with van der Waals surface area (Å²) < 4.78 is 22.3. The second-order valence-corrected chi connectivity index (χ2v) is 11.1. The highest BCUT2D eigenvalue weighted by molar-refractivity contribution is 5.98. The Labute approximate surface area is 209 Å². The van der Waals surface area contributed by atoms with E-state index in [4.69, 9.17) is 4.74 Å². The van der Waals surface area contributed by atoms with Gasteiger partial charge in [-0.15, -0.1) is 0 Å². The second kappa shape index (κ2) is 8.73. The Balaban J connectivity index is 1.53. The number of H-pyrrole nitrogens is 1. The summed E-state index contributed by atoms with van der Waals surface area (Å²) in [4.78, 5) is 11.4. The number of aromatic amines is 1. The first kappa shape index (κ1) is 23.2. The number of benzene rings is 2. The third kappa shape index (κ3) is 3.90. The highest BCUT2D eigenvalue weighted by atomic mass is 19.1. The molecule has 6 nitrogen and oxygen atoms in total. The molecular weight excluding hydrogens is 457 g/mol. The van der Waals surface area contributed by atoms with Crippen LogP contribution in [0.1, 0.15) is 61.8 Å². The minimum Gasteiger partial charge on any atom is -0.481 e. The molecule has 7 heteroatoms. The van der Waals surface area contributed by atoms with E-state index in [0.29, 0.717) is 11.5 Å². The SMILES string of the molecule is Cc1cc(-n2c(C3CCOCC3)c(CC[C@]3(C)C[C@@H](C(=O)O)C3)c3cc4[nH]ncc4cc32)ccc1F. The largest absolute Gasteiger partial charge is 0.481 e. The first-order valence-corrected chi connectivity index (χ1v) is 12.9. The lowest BCUT2D eigenvalue weighted by atomic mass is 9.61. The smallest absolute Gasteiger partial charge is 0.306 e. The molecule has 2 aromatic heterocycles. The fourth-order valence-corrected chi connectivity index (χ4v) is 6.45. The number of nitrogens with one attached hydrogen (secondary N) is 1. The van der Waals surface area contributed by atoms with Crippen LogP contribution < -0.4 is 0 Å². The average Bonchev–Trinajstić information content (AvgIpc) is 3.43. The molecule has 4 aromatic rings. The molecule has 0 spiro atoms. The Morgan fingerprint density at radius 2 is 2.03 bits per heavy atom. The molecule has 0 radical (unpaired) electrons. The maximum Gasteiger partial charge on any atom is 0.306 e. The molecule has 0 amide bonds. The highest BCUT2D eigenvalue weighted by Gasteiger charge is 2.43. The molecule has 2 aliphatic rings. The van der Waals surface area contributed by atoms with Gasteiger partial charge in [-0.2, -0.15) is 5.10 Å². The number of carboxylic acid groups (broad SMARTS) is 1. The molecule has 0 bridgehead atoms. The lowest BCUT2D eigenvalue weighted by molar-refractivity contribution is -0.149. The number of aliphatic carboxylic acids is 1. The van der Waals surface area contributed by atoms with Crippen molar-refractivity contribution in [1.29, 1.82) is 0 Å². The molecule has 1 saturated carbocycles. The summed E-state index contributed by atoms with van der Waals surface area (Å²) in [5.41, 5.74) is 6.34. The normalized spacial score (nSPS) is 22.8. The van der Waals surface area contributed by atoms with Crippen molar-refractivity contribution in [3.8, 4) is 5.69 Å². The molecule has 1 saturated heterocycles. The molecule has 1 aliphatic carbocycles. The second-order valence-electron chi connectivity index (χ2n) is 11.1. The van der Waals surface area contributed by atoms with Crippen LogP contribution in [-0.4, -0.2) is 39.1 Å². The quantitative estimate of drug-likeness (QED) is 0.334. The van der Waals surface area contributed by atoms with E-state index in [1.807, 2.05) is 25.3 Å². The molecule has 0 atom stereocenters. The zero-order chi connectivity index (χ0) is 25.0. The number of rotatable bonds is 6. The Morgan fingerprint density at radius 3 is 2.75 bits per heavy atom. The van der Waals surface area contributed by atoms with Gasteiger partial charge in [-0.1, -0.05) is 6.92 Å². The van der Waals surface area contributed by atoms with Crippen LogP contribution >= 0.6 is 0 Å². The molecule has 2 N–H and O–H groups in total. The Morgan fingerprint density at radius 1 is 1.25 bits per heavy atom. The Hall–Kier alpha value is -3.19. The number of carboxylic acids is 1. The minimum atomic E-state index is -0.680. The first-order chi connectivity index (χ1) is 17.3. The lowest BCUT2D eigenvalue weighted by Gasteiger charge is -2.43. The highest BCUT2D eigenvalue weighted by Crippen LogP contribution is 2.50. The van der Waals surface area contributed by atoms with Gasteiger partial charge >= 0.3 is 5.97 Å². The minimum absolute atomic E-state index is 0.0367. The van der Waals surface area contributed by atoms with Crippen molar-refractivity contribution in [2.45, 2.75) is 58.3 Å². The lowest BCUT2D eigenvalue weighted by Crippen LogP contribution is -2.39. The molecule has 3 heterocycles. The van der Waals surface area contributed by atoms with E-state index >= 15 is 0 Å². The fraction of sp³-hybridized carbons (Fsp3) is 0.448. The van der Waals surface area contributed by atoms with Gasteiger partial charge in [0.25, 0.3) is 0 Å². The van der Waals surface area contributed by atoms with Gasteiger partial charge in [0.05, 0.1) is 23.1 Å². The maximum atomic E-state index is 14.3. The number of carbonyl (C=O) groups is 1. The first-order valence-electron chi connectivity index (χ1n) is 12.9. The third-order valence-corrected chi connectivity index (χ3v) is 8.49. The van der Waals surface area contributed by atoms with Crippen LogP contribution in [0.5, 0.6) is 0 Å². The third-order valence-electron chi connectivity index (χ3n) is 8.49. The number of hydrogen-bond donors (Lipinski definition) is 2. The number of fused-ring (bicyclic) bond motifs is 2. The summed E-state index contributed by atoms with van der Waals surface area (Å²) in [6.45, 7) is 5.49. The van der Waals surface area contributed by atoms with Crippen molar-refractivity contribution in [3.05, 3.63) is 59.2 Å². The van der Waals surface area contributed by atoms with Crippen LogP contribution in [0.4, 0.5) is 4.39 Å². The molecule has 2 aromatic carbocycles. The van der Waals surface area contributed by atoms with Crippen LogP contribution in [0.15, 0.2) is 36.5 Å². The number of aromatic nitrogens is 3. The van der Waals surface area contributed by atoms with Crippen molar-refractivity contribution >= 4 is 27.8 Å². The van der Waals surface area contributed by atoms with Crippen molar-refractivity contribution in [1.82, 2.24) is 14.8 Å². The van der Waals surface area contributed by atoms with Crippen LogP contribution in [-0.2, 0) is 16.0 Å². The molecule has 188 valence electrons. The maximum absolute atomic E-state index is 14.3. The Kier molecular flexibility index (Phi) is 5.63. The fourth-order valence-electron chi connectivity index (χ4n) is 6.45. The van der Waals surface area contributed by atoms with Crippen molar-refractivity contribution in [2.24, 2.45) is 11.3 Å². The number of nitrogens with zero attached hydrogens (tertiary/aromatic N) is 2. The van der Waals surface area contributed by atoms with E-state index in [1.54, 1.807) is 6.07 Å². The molecule has 1 aliphatic heterocycles. The summed E-state index contributed by atoms with van der Waals surface area (Å²) in [7, 11) is 0.